The van der Waals surface area contributed by atoms with E-state index in [-0.39, 0.29) is 23.7 Å². The molecule has 1 aliphatic heterocycles. The molecule has 1 amide bonds. The first-order valence-corrected chi connectivity index (χ1v) is 9.25. The Balaban J connectivity index is 1.63. The number of nitrogens with one attached hydrogen (secondary N) is 1. The van der Waals surface area contributed by atoms with Gasteiger partial charge in [-0.1, -0.05) is 12.1 Å². The van der Waals surface area contributed by atoms with E-state index in [4.69, 9.17) is 4.74 Å². The number of benzene rings is 1. The van der Waals surface area contributed by atoms with Crippen molar-refractivity contribution >= 4 is 17.2 Å². The van der Waals surface area contributed by atoms with Crippen molar-refractivity contribution in [3.8, 4) is 16.4 Å². The number of halogens is 1. The van der Waals surface area contributed by atoms with Gasteiger partial charge >= 0.3 is 0 Å². The zero-order valence-corrected chi connectivity index (χ0v) is 14.7. The summed E-state index contributed by atoms with van der Waals surface area (Å²) in [6.07, 6.45) is 1.99. The number of hydrogen-bond acceptors (Lipinski definition) is 5. The minimum atomic E-state index is -0.375. The van der Waals surface area contributed by atoms with E-state index in [1.54, 1.807) is 12.1 Å². The van der Waals surface area contributed by atoms with E-state index >= 15 is 0 Å². The number of thiophene rings is 1. The number of ether oxygens (including phenoxy) is 1. The van der Waals surface area contributed by atoms with Gasteiger partial charge in [0.1, 0.15) is 5.82 Å². The van der Waals surface area contributed by atoms with Crippen LogP contribution in [0.4, 0.5) is 4.39 Å². The fourth-order valence-electron chi connectivity index (χ4n) is 2.85. The summed E-state index contributed by atoms with van der Waals surface area (Å²) in [4.78, 5) is 17.7. The fourth-order valence-corrected chi connectivity index (χ4v) is 3.55. The van der Waals surface area contributed by atoms with Gasteiger partial charge in [0.25, 0.3) is 5.91 Å². The van der Waals surface area contributed by atoms with Gasteiger partial charge in [0, 0.05) is 13.2 Å². The van der Waals surface area contributed by atoms with Gasteiger partial charge in [-0.3, -0.25) is 4.79 Å². The molecule has 1 aromatic carbocycles. The molecule has 0 saturated carbocycles. The SMILES string of the molecule is O=C(NCC1CCCO1)c1nc(-c2cccs2)n(-c2cccc(F)c2)n1. The number of nitrogens with zero attached hydrogens (tertiary/aromatic N) is 3. The summed E-state index contributed by atoms with van der Waals surface area (Å²) in [5, 5.41) is 9.05. The Morgan fingerprint density at radius 2 is 2.31 bits per heavy atom. The van der Waals surface area contributed by atoms with Crippen molar-refractivity contribution in [3.63, 3.8) is 0 Å². The average molecular weight is 372 g/mol. The van der Waals surface area contributed by atoms with Gasteiger partial charge in [-0.25, -0.2) is 14.1 Å². The van der Waals surface area contributed by atoms with Crippen molar-refractivity contribution in [2.75, 3.05) is 13.2 Å². The van der Waals surface area contributed by atoms with Crippen LogP contribution in [0.25, 0.3) is 16.4 Å². The molecule has 26 heavy (non-hydrogen) atoms. The second kappa shape index (κ2) is 7.35. The lowest BCUT2D eigenvalue weighted by molar-refractivity contribution is 0.0849. The van der Waals surface area contributed by atoms with Crippen molar-refractivity contribution in [3.05, 3.63) is 53.4 Å². The van der Waals surface area contributed by atoms with E-state index in [2.05, 4.69) is 15.4 Å². The Bertz CT molecular complexity index is 904. The lowest BCUT2D eigenvalue weighted by Gasteiger charge is -2.09. The van der Waals surface area contributed by atoms with Crippen molar-refractivity contribution in [1.82, 2.24) is 20.1 Å². The maximum absolute atomic E-state index is 13.6. The molecule has 4 rings (SSSR count). The van der Waals surface area contributed by atoms with Crippen molar-refractivity contribution < 1.29 is 13.9 Å². The molecule has 8 heteroatoms. The molecule has 1 aliphatic rings. The molecule has 134 valence electrons. The van der Waals surface area contributed by atoms with Gasteiger partial charge in [0.2, 0.25) is 5.82 Å². The molecule has 0 radical (unpaired) electrons. The number of carbonyl (C=O) groups is 1. The lowest BCUT2D eigenvalue weighted by Crippen LogP contribution is -2.32. The monoisotopic (exact) mass is 372 g/mol. The van der Waals surface area contributed by atoms with Crippen LogP contribution in [0.3, 0.4) is 0 Å². The van der Waals surface area contributed by atoms with Crippen molar-refractivity contribution in [1.29, 1.82) is 0 Å². The highest BCUT2D eigenvalue weighted by molar-refractivity contribution is 7.13. The summed E-state index contributed by atoms with van der Waals surface area (Å²) in [5.74, 6) is -0.184. The summed E-state index contributed by atoms with van der Waals surface area (Å²) >= 11 is 1.48. The standard InChI is InChI=1S/C18H17FN4O2S/c19-12-4-1-5-13(10-12)23-17(15-7-3-9-26-15)21-16(22-23)18(24)20-11-14-6-2-8-25-14/h1,3-5,7,9-10,14H,2,6,8,11H2,(H,20,24). The predicted molar refractivity (Wildman–Crippen MR) is 95.9 cm³/mol. The number of hydrogen-bond donors (Lipinski definition) is 1. The second-order valence-corrected chi connectivity index (χ2v) is 6.92. The van der Waals surface area contributed by atoms with Crippen molar-refractivity contribution in [2.45, 2.75) is 18.9 Å². The first kappa shape index (κ1) is 16.9. The van der Waals surface area contributed by atoms with Crippen LogP contribution in [0.15, 0.2) is 41.8 Å². The average Bonchev–Trinajstić information content (AvgIpc) is 3.40. The number of rotatable bonds is 5. The molecule has 3 aromatic rings. The molecule has 0 aliphatic carbocycles. The summed E-state index contributed by atoms with van der Waals surface area (Å²) in [6, 6.07) is 9.82. The predicted octanol–water partition coefficient (Wildman–Crippen LogP) is 3.04. The molecular weight excluding hydrogens is 355 g/mol. The summed E-state index contributed by atoms with van der Waals surface area (Å²) in [5.41, 5.74) is 0.513. The second-order valence-electron chi connectivity index (χ2n) is 5.97. The zero-order valence-electron chi connectivity index (χ0n) is 13.9. The number of aromatic nitrogens is 3. The first-order valence-electron chi connectivity index (χ1n) is 8.37. The summed E-state index contributed by atoms with van der Waals surface area (Å²) in [6.45, 7) is 1.16. The number of carbonyl (C=O) groups excluding carboxylic acids is 1. The van der Waals surface area contributed by atoms with Gasteiger partial charge < -0.3 is 10.1 Å². The van der Waals surface area contributed by atoms with E-state index in [1.165, 1.54) is 28.2 Å². The van der Waals surface area contributed by atoms with Crippen molar-refractivity contribution in [2.24, 2.45) is 0 Å². The summed E-state index contributed by atoms with van der Waals surface area (Å²) in [7, 11) is 0. The molecule has 6 nitrogen and oxygen atoms in total. The normalized spacial score (nSPS) is 16.7. The van der Waals surface area contributed by atoms with E-state index < -0.39 is 0 Å². The Kier molecular flexibility index (Phi) is 4.77. The van der Waals surface area contributed by atoms with E-state index in [9.17, 15) is 9.18 Å². The molecule has 1 saturated heterocycles. The molecule has 1 N–H and O–H groups in total. The molecule has 1 unspecified atom stereocenters. The Hall–Kier alpha value is -2.58. The van der Waals surface area contributed by atoms with Gasteiger partial charge in [0.15, 0.2) is 5.82 Å². The van der Waals surface area contributed by atoms with Crippen LogP contribution in [0.5, 0.6) is 0 Å². The van der Waals surface area contributed by atoms with Crippen LogP contribution >= 0.6 is 11.3 Å². The highest BCUT2D eigenvalue weighted by Crippen LogP contribution is 2.25. The van der Waals surface area contributed by atoms with Crippen LogP contribution in [-0.4, -0.2) is 39.9 Å². The minimum absolute atomic E-state index is 0.0426. The molecule has 0 spiro atoms. The maximum Gasteiger partial charge on any atom is 0.291 e. The van der Waals surface area contributed by atoms with Gasteiger partial charge in [-0.15, -0.1) is 16.4 Å². The van der Waals surface area contributed by atoms with E-state index in [1.807, 2.05) is 17.5 Å². The maximum atomic E-state index is 13.6. The third-order valence-corrected chi connectivity index (χ3v) is 4.98. The first-order chi connectivity index (χ1) is 12.7. The third-order valence-electron chi connectivity index (χ3n) is 4.12. The molecule has 1 fully saturated rings. The fraction of sp³-hybridized carbons (Fsp3) is 0.278. The highest BCUT2D eigenvalue weighted by atomic mass is 32.1. The minimum Gasteiger partial charge on any atom is -0.376 e. The van der Waals surface area contributed by atoms with Crippen LogP contribution < -0.4 is 5.32 Å². The largest absolute Gasteiger partial charge is 0.376 e. The van der Waals surface area contributed by atoms with Gasteiger partial charge in [0.05, 0.1) is 16.7 Å². The number of amides is 1. The third kappa shape index (κ3) is 3.51. The lowest BCUT2D eigenvalue weighted by atomic mass is 10.2. The molecule has 3 heterocycles. The van der Waals surface area contributed by atoms with Gasteiger partial charge in [-0.05, 0) is 42.5 Å². The molecule has 2 aromatic heterocycles. The van der Waals surface area contributed by atoms with Crippen LogP contribution in [0, 0.1) is 5.82 Å². The van der Waals surface area contributed by atoms with E-state index in [0.717, 1.165) is 24.3 Å². The zero-order chi connectivity index (χ0) is 17.9. The molecule has 0 bridgehead atoms. The van der Waals surface area contributed by atoms with Crippen LogP contribution in [0.2, 0.25) is 0 Å². The molecular formula is C18H17FN4O2S. The topological polar surface area (TPSA) is 69.0 Å². The van der Waals surface area contributed by atoms with Gasteiger partial charge in [-0.2, -0.15) is 0 Å². The highest BCUT2D eigenvalue weighted by Gasteiger charge is 2.21. The van der Waals surface area contributed by atoms with Crippen LogP contribution in [-0.2, 0) is 4.74 Å². The molecule has 1 atom stereocenters. The Morgan fingerprint density at radius 1 is 1.38 bits per heavy atom. The van der Waals surface area contributed by atoms with E-state index in [0.29, 0.717) is 18.1 Å². The Labute approximate surface area is 153 Å². The smallest absolute Gasteiger partial charge is 0.291 e. The Morgan fingerprint density at radius 3 is 3.04 bits per heavy atom. The summed E-state index contributed by atoms with van der Waals surface area (Å²) < 4.78 is 20.6. The quantitative estimate of drug-likeness (QED) is 0.747. The van der Waals surface area contributed by atoms with Crippen LogP contribution in [0.1, 0.15) is 23.5 Å².